The number of nitrogen functional groups attached to an aromatic ring is 1. The van der Waals surface area contributed by atoms with Crippen molar-refractivity contribution in [1.82, 2.24) is 5.32 Å². The van der Waals surface area contributed by atoms with Crippen LogP contribution in [-0.2, 0) is 17.6 Å². The largest absolute Gasteiger partial charge is 0.496 e. The standard InChI is InChI=1S/C22H28N2O2/c1-15(12-17-6-3-4-9-21(17)26-2)13-22(25)24-20-8-5-7-16-14-18(23)10-11-19(16)20/h3-4,6,9-11,14-15,20H,5,7-8,12-13,23H2,1-2H3,(H,24,25). The molecule has 4 heteroatoms. The Labute approximate surface area is 155 Å². The highest BCUT2D eigenvalue weighted by atomic mass is 16.5. The molecular formula is C22H28N2O2. The van der Waals surface area contributed by atoms with E-state index in [2.05, 4.69) is 24.4 Å². The van der Waals surface area contributed by atoms with Crippen LogP contribution in [-0.4, -0.2) is 13.0 Å². The van der Waals surface area contributed by atoms with Crippen molar-refractivity contribution in [3.8, 4) is 5.75 Å². The molecule has 0 fully saturated rings. The molecule has 3 N–H and O–H groups in total. The van der Waals surface area contributed by atoms with Crippen molar-refractivity contribution in [3.05, 3.63) is 59.2 Å². The highest BCUT2D eigenvalue weighted by molar-refractivity contribution is 5.77. The summed E-state index contributed by atoms with van der Waals surface area (Å²) in [5.41, 5.74) is 10.3. The molecule has 1 aliphatic rings. The number of ether oxygens (including phenoxy) is 1. The molecule has 0 aliphatic heterocycles. The van der Waals surface area contributed by atoms with E-state index in [4.69, 9.17) is 10.5 Å². The van der Waals surface area contributed by atoms with E-state index in [0.29, 0.717) is 6.42 Å². The van der Waals surface area contributed by atoms with Crippen LogP contribution in [0.3, 0.4) is 0 Å². The van der Waals surface area contributed by atoms with Crippen molar-refractivity contribution < 1.29 is 9.53 Å². The molecule has 2 aromatic carbocycles. The van der Waals surface area contributed by atoms with Crippen LogP contribution in [0.5, 0.6) is 5.75 Å². The Morgan fingerprint density at radius 2 is 2.12 bits per heavy atom. The zero-order chi connectivity index (χ0) is 18.5. The summed E-state index contributed by atoms with van der Waals surface area (Å²) in [7, 11) is 1.68. The van der Waals surface area contributed by atoms with Gasteiger partial charge < -0.3 is 15.8 Å². The molecule has 1 amide bonds. The molecule has 26 heavy (non-hydrogen) atoms. The van der Waals surface area contributed by atoms with Crippen molar-refractivity contribution in [2.24, 2.45) is 5.92 Å². The quantitative estimate of drug-likeness (QED) is 0.771. The maximum atomic E-state index is 12.6. The molecule has 0 bridgehead atoms. The molecule has 4 nitrogen and oxygen atoms in total. The van der Waals surface area contributed by atoms with Crippen LogP contribution in [0.25, 0.3) is 0 Å². The Bertz CT molecular complexity index is 772. The molecule has 0 saturated heterocycles. The van der Waals surface area contributed by atoms with Crippen molar-refractivity contribution in [2.45, 2.75) is 45.1 Å². The van der Waals surface area contributed by atoms with Gasteiger partial charge in [-0.1, -0.05) is 31.2 Å². The number of anilines is 1. The summed E-state index contributed by atoms with van der Waals surface area (Å²) in [5, 5.41) is 3.23. The third kappa shape index (κ3) is 4.37. The van der Waals surface area contributed by atoms with Crippen molar-refractivity contribution in [3.63, 3.8) is 0 Å². The first-order valence-electron chi connectivity index (χ1n) is 9.36. The second-order valence-corrected chi connectivity index (χ2v) is 7.30. The summed E-state index contributed by atoms with van der Waals surface area (Å²) in [6.45, 7) is 2.11. The van der Waals surface area contributed by atoms with E-state index in [-0.39, 0.29) is 17.9 Å². The number of carbonyl (C=O) groups is 1. The number of methoxy groups -OCH3 is 1. The molecule has 0 aromatic heterocycles. The Morgan fingerprint density at radius 3 is 2.92 bits per heavy atom. The minimum Gasteiger partial charge on any atom is -0.496 e. The number of nitrogens with one attached hydrogen (secondary N) is 1. The van der Waals surface area contributed by atoms with Gasteiger partial charge in [0, 0.05) is 12.1 Å². The number of aryl methyl sites for hydroxylation is 1. The predicted molar refractivity (Wildman–Crippen MR) is 105 cm³/mol. The zero-order valence-electron chi connectivity index (χ0n) is 15.6. The summed E-state index contributed by atoms with van der Waals surface area (Å²) in [6.07, 6.45) is 4.45. The minimum atomic E-state index is 0.102. The van der Waals surface area contributed by atoms with Gasteiger partial charge in [0.05, 0.1) is 13.2 Å². The van der Waals surface area contributed by atoms with Gasteiger partial charge in [0.25, 0.3) is 0 Å². The zero-order valence-corrected chi connectivity index (χ0v) is 15.6. The molecule has 3 rings (SSSR count). The first kappa shape index (κ1) is 18.3. The first-order valence-corrected chi connectivity index (χ1v) is 9.36. The predicted octanol–water partition coefficient (Wildman–Crippen LogP) is 4.04. The van der Waals surface area contributed by atoms with Gasteiger partial charge >= 0.3 is 0 Å². The molecule has 2 aromatic rings. The average Bonchev–Trinajstić information content (AvgIpc) is 2.62. The van der Waals surface area contributed by atoms with Gasteiger partial charge in [0.15, 0.2) is 0 Å². The number of hydrogen-bond donors (Lipinski definition) is 2. The monoisotopic (exact) mass is 352 g/mol. The molecule has 1 aliphatic carbocycles. The fourth-order valence-electron chi connectivity index (χ4n) is 3.87. The third-order valence-electron chi connectivity index (χ3n) is 5.11. The number of rotatable bonds is 6. The van der Waals surface area contributed by atoms with Gasteiger partial charge in [-0.25, -0.2) is 0 Å². The summed E-state index contributed by atoms with van der Waals surface area (Å²) in [5.74, 6) is 1.25. The number of benzene rings is 2. The molecule has 0 radical (unpaired) electrons. The van der Waals surface area contributed by atoms with Crippen LogP contribution >= 0.6 is 0 Å². The van der Waals surface area contributed by atoms with Gasteiger partial charge in [-0.2, -0.15) is 0 Å². The van der Waals surface area contributed by atoms with E-state index in [1.165, 1.54) is 11.1 Å². The molecule has 2 unspecified atom stereocenters. The van der Waals surface area contributed by atoms with Crippen LogP contribution < -0.4 is 15.8 Å². The lowest BCUT2D eigenvalue weighted by atomic mass is 9.87. The van der Waals surface area contributed by atoms with E-state index in [9.17, 15) is 4.79 Å². The van der Waals surface area contributed by atoms with Crippen molar-refractivity contribution in [2.75, 3.05) is 12.8 Å². The Balaban J connectivity index is 1.59. The second-order valence-electron chi connectivity index (χ2n) is 7.30. The summed E-state index contributed by atoms with van der Waals surface area (Å²) < 4.78 is 5.41. The number of nitrogens with two attached hydrogens (primary N) is 1. The van der Waals surface area contributed by atoms with E-state index in [1.807, 2.05) is 30.3 Å². The van der Waals surface area contributed by atoms with E-state index in [0.717, 1.165) is 42.7 Å². The molecule has 0 heterocycles. The number of carbonyl (C=O) groups excluding carboxylic acids is 1. The maximum Gasteiger partial charge on any atom is 0.220 e. The van der Waals surface area contributed by atoms with Crippen LogP contribution in [0, 0.1) is 5.92 Å². The highest BCUT2D eigenvalue weighted by Crippen LogP contribution is 2.31. The molecule has 2 atom stereocenters. The van der Waals surface area contributed by atoms with Crippen LogP contribution in [0.4, 0.5) is 5.69 Å². The van der Waals surface area contributed by atoms with Gasteiger partial charge in [-0.15, -0.1) is 0 Å². The van der Waals surface area contributed by atoms with Gasteiger partial charge in [-0.3, -0.25) is 4.79 Å². The van der Waals surface area contributed by atoms with Crippen molar-refractivity contribution >= 4 is 11.6 Å². The number of para-hydroxylation sites is 1. The second kappa shape index (κ2) is 8.26. The molecule has 138 valence electrons. The fourth-order valence-corrected chi connectivity index (χ4v) is 3.87. The average molecular weight is 352 g/mol. The summed E-state index contributed by atoms with van der Waals surface area (Å²) in [4.78, 5) is 12.6. The number of fused-ring (bicyclic) bond motifs is 1. The lowest BCUT2D eigenvalue weighted by Gasteiger charge is -2.27. The molecule has 0 spiro atoms. The van der Waals surface area contributed by atoms with E-state index >= 15 is 0 Å². The van der Waals surface area contributed by atoms with E-state index < -0.39 is 0 Å². The first-order chi connectivity index (χ1) is 12.6. The third-order valence-corrected chi connectivity index (χ3v) is 5.11. The molecular weight excluding hydrogens is 324 g/mol. The Hall–Kier alpha value is -2.49. The van der Waals surface area contributed by atoms with Gasteiger partial charge in [-0.05, 0) is 66.5 Å². The Morgan fingerprint density at radius 1 is 1.31 bits per heavy atom. The van der Waals surface area contributed by atoms with Gasteiger partial charge in [0.2, 0.25) is 5.91 Å². The fraction of sp³-hybridized carbons (Fsp3) is 0.409. The van der Waals surface area contributed by atoms with Crippen LogP contribution in [0.15, 0.2) is 42.5 Å². The maximum absolute atomic E-state index is 12.6. The lowest BCUT2D eigenvalue weighted by Crippen LogP contribution is -2.32. The number of amides is 1. The topological polar surface area (TPSA) is 64.3 Å². The Kier molecular flexibility index (Phi) is 5.82. The molecule has 0 saturated carbocycles. The summed E-state index contributed by atoms with van der Waals surface area (Å²) >= 11 is 0. The highest BCUT2D eigenvalue weighted by Gasteiger charge is 2.22. The minimum absolute atomic E-state index is 0.102. The van der Waals surface area contributed by atoms with Crippen LogP contribution in [0.1, 0.15) is 48.9 Å². The number of hydrogen-bond acceptors (Lipinski definition) is 3. The summed E-state index contributed by atoms with van der Waals surface area (Å²) in [6, 6.07) is 14.1. The van der Waals surface area contributed by atoms with Crippen LogP contribution in [0.2, 0.25) is 0 Å². The van der Waals surface area contributed by atoms with E-state index in [1.54, 1.807) is 7.11 Å². The van der Waals surface area contributed by atoms with Gasteiger partial charge in [0.1, 0.15) is 5.75 Å². The SMILES string of the molecule is COc1ccccc1CC(C)CC(=O)NC1CCCc2cc(N)ccc21. The van der Waals surface area contributed by atoms with Crippen molar-refractivity contribution in [1.29, 1.82) is 0 Å². The smallest absolute Gasteiger partial charge is 0.220 e. The normalized spacial score (nSPS) is 17.2. The lowest BCUT2D eigenvalue weighted by molar-refractivity contribution is -0.122.